The van der Waals surface area contributed by atoms with Crippen LogP contribution in [0.25, 0.3) is 0 Å². The van der Waals surface area contributed by atoms with Gasteiger partial charge in [-0.05, 0) is 25.0 Å². The van der Waals surface area contributed by atoms with Gasteiger partial charge >= 0.3 is 0 Å². The van der Waals surface area contributed by atoms with E-state index in [1.54, 1.807) is 28.6 Å². The predicted octanol–water partition coefficient (Wildman–Crippen LogP) is 1.93. The first-order valence-electron chi connectivity index (χ1n) is 6.72. The lowest BCUT2D eigenvalue weighted by molar-refractivity contribution is 0.364. The van der Waals surface area contributed by atoms with Crippen LogP contribution in [0.3, 0.4) is 0 Å². The van der Waals surface area contributed by atoms with Gasteiger partial charge in [0.15, 0.2) is 0 Å². The second-order valence-corrected chi connectivity index (χ2v) is 6.72. The fourth-order valence-corrected chi connectivity index (χ4v) is 4.08. The lowest BCUT2D eigenvalue weighted by Crippen LogP contribution is -2.34. The largest absolute Gasteiger partial charge is 0.323 e. The normalized spacial score (nSPS) is 18.6. The zero-order valence-electron chi connectivity index (χ0n) is 11.0. The number of anilines is 1. The lowest BCUT2D eigenvalue weighted by Gasteiger charge is -2.25. The molecule has 0 aliphatic carbocycles. The minimum absolute atomic E-state index is 0.262. The molecular weight excluding hydrogens is 262 g/mol. The van der Waals surface area contributed by atoms with Crippen molar-refractivity contribution in [2.75, 3.05) is 18.5 Å². The van der Waals surface area contributed by atoms with Gasteiger partial charge < -0.3 is 5.43 Å². The van der Waals surface area contributed by atoms with Gasteiger partial charge in [-0.2, -0.15) is 4.31 Å². The van der Waals surface area contributed by atoms with Crippen LogP contribution < -0.4 is 11.3 Å². The second-order valence-electron chi connectivity index (χ2n) is 4.81. The Kier molecular flexibility index (Phi) is 4.79. The Morgan fingerprint density at radius 1 is 1.00 bits per heavy atom. The number of hydrogen-bond acceptors (Lipinski definition) is 4. The Labute approximate surface area is 114 Å². The Morgan fingerprint density at radius 3 is 2.21 bits per heavy atom. The molecule has 2 rings (SSSR count). The van der Waals surface area contributed by atoms with Crippen LogP contribution in [0, 0.1) is 0 Å². The zero-order valence-corrected chi connectivity index (χ0v) is 11.8. The van der Waals surface area contributed by atoms with Gasteiger partial charge in [0.25, 0.3) is 0 Å². The van der Waals surface area contributed by atoms with E-state index in [2.05, 4.69) is 5.43 Å². The molecule has 3 N–H and O–H groups in total. The van der Waals surface area contributed by atoms with Crippen LogP contribution >= 0.6 is 0 Å². The highest BCUT2D eigenvalue weighted by atomic mass is 32.2. The van der Waals surface area contributed by atoms with Crippen LogP contribution in [0.15, 0.2) is 29.2 Å². The molecule has 0 bridgehead atoms. The number of hydrogen-bond donors (Lipinski definition) is 2. The van der Waals surface area contributed by atoms with Gasteiger partial charge in [0, 0.05) is 13.1 Å². The van der Waals surface area contributed by atoms with Crippen molar-refractivity contribution in [2.24, 2.45) is 5.84 Å². The zero-order chi connectivity index (χ0) is 13.7. The topological polar surface area (TPSA) is 75.4 Å². The molecule has 1 heterocycles. The highest BCUT2D eigenvalue weighted by molar-refractivity contribution is 7.89. The standard InChI is InChI=1S/C13H21N3O2S/c14-15-12-8-4-5-9-13(12)19(17,18)16-10-6-2-1-3-7-11-16/h4-5,8-9,15H,1-3,6-7,10-11,14H2. The second kappa shape index (κ2) is 6.36. The van der Waals surface area contributed by atoms with E-state index in [4.69, 9.17) is 5.84 Å². The summed E-state index contributed by atoms with van der Waals surface area (Å²) in [4.78, 5) is 0.262. The molecule has 1 aromatic rings. The van der Waals surface area contributed by atoms with Crippen molar-refractivity contribution in [1.82, 2.24) is 4.31 Å². The van der Waals surface area contributed by atoms with E-state index in [-0.39, 0.29) is 4.90 Å². The summed E-state index contributed by atoms with van der Waals surface area (Å²) in [6.07, 6.45) is 5.26. The van der Waals surface area contributed by atoms with Crippen LogP contribution in [0.4, 0.5) is 5.69 Å². The van der Waals surface area contributed by atoms with Crippen LogP contribution in [0.2, 0.25) is 0 Å². The minimum Gasteiger partial charge on any atom is -0.323 e. The maximum absolute atomic E-state index is 12.7. The Balaban J connectivity index is 2.29. The van der Waals surface area contributed by atoms with E-state index in [0.29, 0.717) is 18.8 Å². The molecule has 0 spiro atoms. The third-order valence-electron chi connectivity index (χ3n) is 3.48. The highest BCUT2D eigenvalue weighted by Crippen LogP contribution is 2.25. The minimum atomic E-state index is -3.45. The number of nitrogen functional groups attached to an aromatic ring is 1. The molecule has 6 heteroatoms. The first kappa shape index (κ1) is 14.3. The Morgan fingerprint density at radius 2 is 1.58 bits per heavy atom. The van der Waals surface area contributed by atoms with Crippen LogP contribution in [0.5, 0.6) is 0 Å². The van der Waals surface area contributed by atoms with E-state index in [1.807, 2.05) is 0 Å². The van der Waals surface area contributed by atoms with E-state index in [0.717, 1.165) is 25.7 Å². The van der Waals surface area contributed by atoms with Gasteiger partial charge in [0.05, 0.1) is 5.69 Å². The van der Waals surface area contributed by atoms with Gasteiger partial charge in [-0.3, -0.25) is 5.84 Å². The smallest absolute Gasteiger partial charge is 0.245 e. The van der Waals surface area contributed by atoms with Crippen molar-refractivity contribution in [3.63, 3.8) is 0 Å². The summed E-state index contributed by atoms with van der Waals surface area (Å²) in [5, 5.41) is 0. The monoisotopic (exact) mass is 283 g/mol. The summed E-state index contributed by atoms with van der Waals surface area (Å²) in [5.74, 6) is 5.40. The summed E-state index contributed by atoms with van der Waals surface area (Å²) in [6.45, 7) is 1.20. The van der Waals surface area contributed by atoms with Gasteiger partial charge in [0.1, 0.15) is 4.90 Å². The van der Waals surface area contributed by atoms with Crippen molar-refractivity contribution < 1.29 is 8.42 Å². The number of rotatable bonds is 3. The predicted molar refractivity (Wildman–Crippen MR) is 76.1 cm³/mol. The molecule has 1 aliphatic rings. The number of para-hydroxylation sites is 1. The van der Waals surface area contributed by atoms with E-state index in [1.165, 1.54) is 6.42 Å². The first-order valence-corrected chi connectivity index (χ1v) is 8.16. The Bertz CT molecular complexity index is 508. The van der Waals surface area contributed by atoms with Crippen molar-refractivity contribution in [3.8, 4) is 0 Å². The van der Waals surface area contributed by atoms with Crippen LogP contribution in [-0.4, -0.2) is 25.8 Å². The van der Waals surface area contributed by atoms with E-state index < -0.39 is 10.0 Å². The molecular formula is C13H21N3O2S. The molecule has 1 aliphatic heterocycles. The molecule has 0 amide bonds. The van der Waals surface area contributed by atoms with E-state index in [9.17, 15) is 8.42 Å². The van der Waals surface area contributed by atoms with Crippen LogP contribution in [-0.2, 0) is 10.0 Å². The highest BCUT2D eigenvalue weighted by Gasteiger charge is 2.26. The van der Waals surface area contributed by atoms with E-state index >= 15 is 0 Å². The van der Waals surface area contributed by atoms with Gasteiger partial charge in [0.2, 0.25) is 10.0 Å². The molecule has 0 saturated carbocycles. The van der Waals surface area contributed by atoms with Gasteiger partial charge in [-0.1, -0.05) is 31.4 Å². The molecule has 1 saturated heterocycles. The number of nitrogens with one attached hydrogen (secondary N) is 1. The maximum atomic E-state index is 12.7. The number of nitrogens with two attached hydrogens (primary N) is 1. The fourth-order valence-electron chi connectivity index (χ4n) is 2.41. The molecule has 0 radical (unpaired) electrons. The third-order valence-corrected chi connectivity index (χ3v) is 5.43. The van der Waals surface area contributed by atoms with Crippen molar-refractivity contribution in [1.29, 1.82) is 0 Å². The molecule has 19 heavy (non-hydrogen) atoms. The number of benzene rings is 1. The molecule has 0 unspecified atom stereocenters. The molecule has 0 aromatic heterocycles. The average Bonchev–Trinajstić information content (AvgIpc) is 2.37. The summed E-state index contributed by atoms with van der Waals surface area (Å²) < 4.78 is 26.9. The molecule has 0 atom stereocenters. The SMILES string of the molecule is NNc1ccccc1S(=O)(=O)N1CCCCCCC1. The molecule has 1 aromatic carbocycles. The summed E-state index contributed by atoms with van der Waals surface area (Å²) in [6, 6.07) is 6.76. The van der Waals surface area contributed by atoms with Crippen molar-refractivity contribution >= 4 is 15.7 Å². The summed E-state index contributed by atoms with van der Waals surface area (Å²) >= 11 is 0. The Hall–Kier alpha value is -1.11. The lowest BCUT2D eigenvalue weighted by atomic mass is 10.1. The quantitative estimate of drug-likeness (QED) is 0.656. The maximum Gasteiger partial charge on any atom is 0.245 e. The average molecular weight is 283 g/mol. The summed E-state index contributed by atoms with van der Waals surface area (Å²) in [5.41, 5.74) is 2.91. The molecule has 5 nitrogen and oxygen atoms in total. The van der Waals surface area contributed by atoms with Crippen LogP contribution in [0.1, 0.15) is 32.1 Å². The molecule has 106 valence electrons. The first-order chi connectivity index (χ1) is 9.16. The summed E-state index contributed by atoms with van der Waals surface area (Å²) in [7, 11) is -3.45. The number of nitrogens with zero attached hydrogens (tertiary/aromatic N) is 1. The third kappa shape index (κ3) is 3.26. The van der Waals surface area contributed by atoms with Gasteiger partial charge in [-0.15, -0.1) is 0 Å². The van der Waals surface area contributed by atoms with Gasteiger partial charge in [-0.25, -0.2) is 8.42 Å². The van der Waals surface area contributed by atoms with Crippen molar-refractivity contribution in [3.05, 3.63) is 24.3 Å². The molecule has 1 fully saturated rings. The van der Waals surface area contributed by atoms with Crippen molar-refractivity contribution in [2.45, 2.75) is 37.0 Å². The number of sulfonamides is 1. The fraction of sp³-hybridized carbons (Fsp3) is 0.538. The number of hydrazine groups is 1.